The minimum atomic E-state index is -0.199. The standard InChI is InChI=1S/C12H9BrFNS/c13-10-3-6-12(15-7-10)16-8-9-1-4-11(14)5-2-9/h1-7H,8H2. The van der Waals surface area contributed by atoms with Crippen LogP contribution in [-0.4, -0.2) is 4.98 Å². The van der Waals surface area contributed by atoms with Gasteiger partial charge in [-0.2, -0.15) is 0 Å². The molecule has 4 heteroatoms. The zero-order chi connectivity index (χ0) is 11.4. The van der Waals surface area contributed by atoms with Crippen molar-refractivity contribution in [1.82, 2.24) is 4.98 Å². The van der Waals surface area contributed by atoms with Crippen molar-refractivity contribution in [3.8, 4) is 0 Å². The van der Waals surface area contributed by atoms with Crippen molar-refractivity contribution in [3.63, 3.8) is 0 Å². The van der Waals surface area contributed by atoms with E-state index in [1.165, 1.54) is 12.1 Å². The Morgan fingerprint density at radius 3 is 2.50 bits per heavy atom. The molecule has 0 bridgehead atoms. The molecule has 0 spiro atoms. The molecule has 1 aromatic heterocycles. The smallest absolute Gasteiger partial charge is 0.123 e. The molecule has 0 aliphatic heterocycles. The average Bonchev–Trinajstić information content (AvgIpc) is 2.30. The Hall–Kier alpha value is -0.870. The number of benzene rings is 1. The van der Waals surface area contributed by atoms with E-state index in [-0.39, 0.29) is 5.82 Å². The minimum Gasteiger partial charge on any atom is -0.249 e. The van der Waals surface area contributed by atoms with Crippen molar-refractivity contribution >= 4 is 27.7 Å². The maximum atomic E-state index is 12.7. The maximum Gasteiger partial charge on any atom is 0.123 e. The Morgan fingerprint density at radius 1 is 1.12 bits per heavy atom. The summed E-state index contributed by atoms with van der Waals surface area (Å²) >= 11 is 4.97. The number of rotatable bonds is 3. The van der Waals surface area contributed by atoms with Crippen LogP contribution in [0.2, 0.25) is 0 Å². The van der Waals surface area contributed by atoms with Gasteiger partial charge in [0, 0.05) is 16.4 Å². The molecule has 1 aromatic carbocycles. The van der Waals surface area contributed by atoms with E-state index in [1.54, 1.807) is 30.1 Å². The molecule has 82 valence electrons. The molecule has 0 aliphatic rings. The second-order valence-electron chi connectivity index (χ2n) is 3.23. The number of hydrogen-bond acceptors (Lipinski definition) is 2. The molecule has 0 radical (unpaired) electrons. The van der Waals surface area contributed by atoms with Crippen LogP contribution in [-0.2, 0) is 5.75 Å². The van der Waals surface area contributed by atoms with Gasteiger partial charge in [-0.05, 0) is 45.8 Å². The van der Waals surface area contributed by atoms with Crippen molar-refractivity contribution in [2.75, 3.05) is 0 Å². The molecule has 0 saturated carbocycles. The molecule has 2 rings (SSSR count). The highest BCUT2D eigenvalue weighted by Crippen LogP contribution is 2.21. The van der Waals surface area contributed by atoms with E-state index >= 15 is 0 Å². The lowest BCUT2D eigenvalue weighted by atomic mass is 10.2. The van der Waals surface area contributed by atoms with Crippen LogP contribution in [0.4, 0.5) is 4.39 Å². The van der Waals surface area contributed by atoms with Crippen molar-refractivity contribution in [2.45, 2.75) is 10.8 Å². The third-order valence-electron chi connectivity index (χ3n) is 2.00. The van der Waals surface area contributed by atoms with Gasteiger partial charge in [-0.3, -0.25) is 0 Å². The van der Waals surface area contributed by atoms with E-state index in [1.807, 2.05) is 12.1 Å². The van der Waals surface area contributed by atoms with Crippen molar-refractivity contribution in [2.24, 2.45) is 0 Å². The van der Waals surface area contributed by atoms with Gasteiger partial charge in [-0.15, -0.1) is 11.8 Å². The number of aromatic nitrogens is 1. The molecule has 2 aromatic rings. The van der Waals surface area contributed by atoms with Gasteiger partial charge >= 0.3 is 0 Å². The van der Waals surface area contributed by atoms with E-state index in [0.29, 0.717) is 0 Å². The summed E-state index contributed by atoms with van der Waals surface area (Å²) in [4.78, 5) is 4.25. The fourth-order valence-corrected chi connectivity index (χ4v) is 2.22. The second-order valence-corrected chi connectivity index (χ2v) is 5.14. The molecule has 0 aliphatic carbocycles. The van der Waals surface area contributed by atoms with Crippen molar-refractivity contribution in [3.05, 3.63) is 58.4 Å². The lowest BCUT2D eigenvalue weighted by Gasteiger charge is -2.01. The van der Waals surface area contributed by atoms with Gasteiger partial charge in [-0.25, -0.2) is 9.37 Å². The molecule has 0 atom stereocenters. The molecule has 0 saturated heterocycles. The minimum absolute atomic E-state index is 0.199. The van der Waals surface area contributed by atoms with Gasteiger partial charge in [0.25, 0.3) is 0 Å². The van der Waals surface area contributed by atoms with Gasteiger partial charge in [0.1, 0.15) is 5.82 Å². The molecular formula is C12H9BrFNS. The predicted molar refractivity (Wildman–Crippen MR) is 67.9 cm³/mol. The van der Waals surface area contributed by atoms with E-state index in [2.05, 4.69) is 20.9 Å². The monoisotopic (exact) mass is 297 g/mol. The predicted octanol–water partition coefficient (Wildman–Crippen LogP) is 4.28. The highest BCUT2D eigenvalue weighted by Gasteiger charge is 1.98. The highest BCUT2D eigenvalue weighted by molar-refractivity contribution is 9.10. The van der Waals surface area contributed by atoms with Gasteiger partial charge in [-0.1, -0.05) is 12.1 Å². The first kappa shape index (κ1) is 11.6. The van der Waals surface area contributed by atoms with Gasteiger partial charge in [0.15, 0.2) is 0 Å². The Bertz CT molecular complexity index is 410. The lowest BCUT2D eigenvalue weighted by molar-refractivity contribution is 0.627. The molecule has 1 heterocycles. The quantitative estimate of drug-likeness (QED) is 0.785. The Balaban J connectivity index is 1.97. The fourth-order valence-electron chi connectivity index (χ4n) is 1.19. The zero-order valence-electron chi connectivity index (χ0n) is 8.36. The van der Waals surface area contributed by atoms with Crippen LogP contribution in [0.15, 0.2) is 52.1 Å². The Morgan fingerprint density at radius 2 is 1.88 bits per heavy atom. The van der Waals surface area contributed by atoms with Crippen molar-refractivity contribution in [1.29, 1.82) is 0 Å². The zero-order valence-corrected chi connectivity index (χ0v) is 10.8. The van der Waals surface area contributed by atoms with Gasteiger partial charge < -0.3 is 0 Å². The van der Waals surface area contributed by atoms with Crippen LogP contribution in [0.5, 0.6) is 0 Å². The highest BCUT2D eigenvalue weighted by atomic mass is 79.9. The fraction of sp³-hybridized carbons (Fsp3) is 0.0833. The van der Waals surface area contributed by atoms with Crippen LogP contribution < -0.4 is 0 Å². The molecular weight excluding hydrogens is 289 g/mol. The summed E-state index contributed by atoms with van der Waals surface area (Å²) in [6, 6.07) is 10.5. The summed E-state index contributed by atoms with van der Waals surface area (Å²) in [7, 11) is 0. The number of hydrogen-bond donors (Lipinski definition) is 0. The molecule has 16 heavy (non-hydrogen) atoms. The average molecular weight is 298 g/mol. The van der Waals surface area contributed by atoms with Gasteiger partial charge in [0.05, 0.1) is 5.03 Å². The van der Waals surface area contributed by atoms with E-state index in [9.17, 15) is 4.39 Å². The summed E-state index contributed by atoms with van der Waals surface area (Å²) < 4.78 is 13.6. The first-order chi connectivity index (χ1) is 7.74. The first-order valence-electron chi connectivity index (χ1n) is 4.73. The number of halogens is 2. The van der Waals surface area contributed by atoms with Crippen LogP contribution in [0.1, 0.15) is 5.56 Å². The molecule has 0 unspecified atom stereocenters. The second kappa shape index (κ2) is 5.46. The SMILES string of the molecule is Fc1ccc(CSc2ccc(Br)cn2)cc1. The maximum absolute atomic E-state index is 12.7. The van der Waals surface area contributed by atoms with Crippen LogP contribution in [0, 0.1) is 5.82 Å². The topological polar surface area (TPSA) is 12.9 Å². The summed E-state index contributed by atoms with van der Waals surface area (Å²) in [5.74, 6) is 0.602. The van der Waals surface area contributed by atoms with E-state index < -0.39 is 0 Å². The van der Waals surface area contributed by atoms with Crippen LogP contribution in [0.3, 0.4) is 0 Å². The normalized spacial score (nSPS) is 10.4. The first-order valence-corrected chi connectivity index (χ1v) is 6.51. The molecule has 0 fully saturated rings. The molecule has 0 N–H and O–H groups in total. The Kier molecular flexibility index (Phi) is 3.96. The lowest BCUT2D eigenvalue weighted by Crippen LogP contribution is -1.83. The molecule has 1 nitrogen and oxygen atoms in total. The van der Waals surface area contributed by atoms with E-state index in [4.69, 9.17) is 0 Å². The number of pyridine rings is 1. The third-order valence-corrected chi connectivity index (χ3v) is 3.48. The summed E-state index contributed by atoms with van der Waals surface area (Å²) in [5, 5.41) is 0.965. The van der Waals surface area contributed by atoms with Crippen LogP contribution >= 0.6 is 27.7 Å². The van der Waals surface area contributed by atoms with Crippen LogP contribution in [0.25, 0.3) is 0 Å². The molecule has 0 amide bonds. The number of nitrogens with zero attached hydrogens (tertiary/aromatic N) is 1. The largest absolute Gasteiger partial charge is 0.249 e. The van der Waals surface area contributed by atoms with E-state index in [0.717, 1.165) is 20.8 Å². The van der Waals surface area contributed by atoms with Gasteiger partial charge in [0.2, 0.25) is 0 Å². The number of thioether (sulfide) groups is 1. The summed E-state index contributed by atoms with van der Waals surface area (Å²) in [6.45, 7) is 0. The summed E-state index contributed by atoms with van der Waals surface area (Å²) in [6.07, 6.45) is 1.77. The van der Waals surface area contributed by atoms with Crippen molar-refractivity contribution < 1.29 is 4.39 Å². The Labute approximate surface area is 106 Å². The summed E-state index contributed by atoms with van der Waals surface area (Å²) in [5.41, 5.74) is 1.09. The third kappa shape index (κ3) is 3.32.